The molecule has 2 aromatic rings. The Hall–Kier alpha value is -1.31. The van der Waals surface area contributed by atoms with Gasteiger partial charge in [0.2, 0.25) is 10.0 Å². The van der Waals surface area contributed by atoms with E-state index in [1.165, 1.54) is 0 Å². The molecule has 0 radical (unpaired) electrons. The summed E-state index contributed by atoms with van der Waals surface area (Å²) in [6, 6.07) is 12.2. The van der Waals surface area contributed by atoms with E-state index in [0.29, 0.717) is 40.5 Å². The molecule has 0 aliphatic carbocycles. The molecule has 8 heteroatoms. The van der Waals surface area contributed by atoms with Crippen molar-refractivity contribution in [1.82, 2.24) is 4.31 Å². The molecular formula is C20H24Cl2N2O3S. The van der Waals surface area contributed by atoms with Gasteiger partial charge >= 0.3 is 0 Å². The third kappa shape index (κ3) is 5.39. The van der Waals surface area contributed by atoms with E-state index in [2.05, 4.69) is 5.32 Å². The van der Waals surface area contributed by atoms with Crippen LogP contribution in [0.25, 0.3) is 0 Å². The molecule has 1 heterocycles. The minimum Gasteiger partial charge on any atom is -0.396 e. The highest BCUT2D eigenvalue weighted by molar-refractivity contribution is 7.89. The van der Waals surface area contributed by atoms with Crippen LogP contribution >= 0.6 is 23.2 Å². The number of nitrogens with zero attached hydrogens (tertiary/aromatic N) is 1. The van der Waals surface area contributed by atoms with Crippen molar-refractivity contribution < 1.29 is 13.5 Å². The molecule has 0 spiro atoms. The van der Waals surface area contributed by atoms with E-state index in [1.54, 1.807) is 40.7 Å². The molecule has 2 N–H and O–H groups in total. The molecular weight excluding hydrogens is 419 g/mol. The standard InChI is InChI=1S/C20H24Cl2N2O3S/c21-17-11-18(22)13-19(12-17)23-14-16-2-1-3-20(10-16)28(26,27)24-7-4-15(5-8-24)6-9-25/h1-3,10-13,15,23,25H,4-9,14H2. The molecule has 2 aromatic carbocycles. The molecule has 0 atom stereocenters. The van der Waals surface area contributed by atoms with Crippen LogP contribution in [0.15, 0.2) is 47.4 Å². The Bertz CT molecular complexity index is 893. The van der Waals surface area contributed by atoms with E-state index < -0.39 is 10.0 Å². The van der Waals surface area contributed by atoms with E-state index in [0.717, 1.165) is 30.5 Å². The number of nitrogens with one attached hydrogen (secondary N) is 1. The molecule has 0 saturated carbocycles. The Morgan fingerprint density at radius 3 is 2.39 bits per heavy atom. The summed E-state index contributed by atoms with van der Waals surface area (Å²) in [6.07, 6.45) is 2.32. The molecule has 152 valence electrons. The normalized spacial score (nSPS) is 16.2. The van der Waals surface area contributed by atoms with Crippen molar-refractivity contribution in [3.8, 4) is 0 Å². The second-order valence-corrected chi connectivity index (χ2v) is 9.83. The molecule has 1 aliphatic heterocycles. The smallest absolute Gasteiger partial charge is 0.243 e. The van der Waals surface area contributed by atoms with E-state index >= 15 is 0 Å². The minimum atomic E-state index is -3.52. The fourth-order valence-electron chi connectivity index (χ4n) is 3.45. The van der Waals surface area contributed by atoms with Gasteiger partial charge in [0.05, 0.1) is 4.90 Å². The zero-order chi connectivity index (χ0) is 20.1. The predicted octanol–water partition coefficient (Wildman–Crippen LogP) is 4.39. The van der Waals surface area contributed by atoms with Gasteiger partial charge in [-0.2, -0.15) is 4.31 Å². The third-order valence-corrected chi connectivity index (χ3v) is 7.34. The van der Waals surface area contributed by atoms with Crippen LogP contribution in [0.1, 0.15) is 24.8 Å². The Kier molecular flexibility index (Phi) is 7.23. The van der Waals surface area contributed by atoms with E-state index in [9.17, 15) is 8.42 Å². The second-order valence-electron chi connectivity index (χ2n) is 7.02. The van der Waals surface area contributed by atoms with Gasteiger partial charge in [0, 0.05) is 42.0 Å². The van der Waals surface area contributed by atoms with Gasteiger partial charge in [-0.25, -0.2) is 8.42 Å². The number of sulfonamides is 1. The van der Waals surface area contributed by atoms with Crippen molar-refractivity contribution in [2.24, 2.45) is 5.92 Å². The van der Waals surface area contributed by atoms with Gasteiger partial charge < -0.3 is 10.4 Å². The summed E-state index contributed by atoms with van der Waals surface area (Å²) in [5.41, 5.74) is 1.63. The number of anilines is 1. The number of piperidine rings is 1. The number of rotatable bonds is 7. The maximum atomic E-state index is 13.0. The number of hydrogen-bond donors (Lipinski definition) is 2. The van der Waals surface area contributed by atoms with Crippen LogP contribution in [-0.4, -0.2) is 37.5 Å². The molecule has 0 amide bonds. The third-order valence-electron chi connectivity index (χ3n) is 5.01. The lowest BCUT2D eigenvalue weighted by atomic mass is 9.95. The highest BCUT2D eigenvalue weighted by atomic mass is 35.5. The molecule has 1 aliphatic rings. The first kappa shape index (κ1) is 21.4. The van der Waals surface area contributed by atoms with Crippen LogP contribution < -0.4 is 5.32 Å². The number of aliphatic hydroxyl groups excluding tert-OH is 1. The lowest BCUT2D eigenvalue weighted by Crippen LogP contribution is -2.38. The van der Waals surface area contributed by atoms with Gasteiger partial charge in [0.15, 0.2) is 0 Å². The summed E-state index contributed by atoms with van der Waals surface area (Å²) in [5.74, 6) is 0.400. The van der Waals surface area contributed by atoms with Crippen LogP contribution in [0.4, 0.5) is 5.69 Å². The first-order chi connectivity index (χ1) is 13.4. The minimum absolute atomic E-state index is 0.157. The number of hydrogen-bond acceptors (Lipinski definition) is 4. The van der Waals surface area contributed by atoms with Crippen LogP contribution in [0.5, 0.6) is 0 Å². The summed E-state index contributed by atoms with van der Waals surface area (Å²) in [5, 5.41) is 13.4. The van der Waals surface area contributed by atoms with Crippen LogP contribution in [0, 0.1) is 5.92 Å². The number of halogens is 2. The molecule has 1 fully saturated rings. The molecule has 3 rings (SSSR count). The maximum absolute atomic E-state index is 13.0. The zero-order valence-corrected chi connectivity index (χ0v) is 17.8. The largest absolute Gasteiger partial charge is 0.396 e. The van der Waals surface area contributed by atoms with E-state index in [4.69, 9.17) is 28.3 Å². The molecule has 0 aromatic heterocycles. The summed E-state index contributed by atoms with van der Waals surface area (Å²) in [4.78, 5) is 0.302. The van der Waals surface area contributed by atoms with Crippen LogP contribution in [-0.2, 0) is 16.6 Å². The monoisotopic (exact) mass is 442 g/mol. The Morgan fingerprint density at radius 1 is 1.07 bits per heavy atom. The van der Waals surface area contributed by atoms with Crippen molar-refractivity contribution >= 4 is 38.9 Å². The van der Waals surface area contributed by atoms with Gasteiger partial charge in [-0.05, 0) is 61.1 Å². The second kappa shape index (κ2) is 9.46. The predicted molar refractivity (Wildman–Crippen MR) is 113 cm³/mol. The molecule has 0 unspecified atom stereocenters. The summed E-state index contributed by atoms with van der Waals surface area (Å²) >= 11 is 12.0. The fraction of sp³-hybridized carbons (Fsp3) is 0.400. The molecule has 1 saturated heterocycles. The lowest BCUT2D eigenvalue weighted by Gasteiger charge is -2.31. The van der Waals surface area contributed by atoms with Crippen molar-refractivity contribution in [3.63, 3.8) is 0 Å². The quantitative estimate of drug-likeness (QED) is 0.666. The highest BCUT2D eigenvalue weighted by Crippen LogP contribution is 2.26. The van der Waals surface area contributed by atoms with E-state index in [-0.39, 0.29) is 6.61 Å². The lowest BCUT2D eigenvalue weighted by molar-refractivity contribution is 0.208. The van der Waals surface area contributed by atoms with Gasteiger partial charge in [0.1, 0.15) is 0 Å². The van der Waals surface area contributed by atoms with E-state index in [1.807, 2.05) is 6.07 Å². The van der Waals surface area contributed by atoms with Crippen molar-refractivity contribution in [1.29, 1.82) is 0 Å². The Balaban J connectivity index is 1.68. The molecule has 28 heavy (non-hydrogen) atoms. The van der Waals surface area contributed by atoms with Gasteiger partial charge in [-0.3, -0.25) is 0 Å². The maximum Gasteiger partial charge on any atom is 0.243 e. The van der Waals surface area contributed by atoms with Gasteiger partial charge in [-0.1, -0.05) is 35.3 Å². The van der Waals surface area contributed by atoms with Crippen LogP contribution in [0.3, 0.4) is 0 Å². The fourth-order valence-corrected chi connectivity index (χ4v) is 5.51. The van der Waals surface area contributed by atoms with Crippen molar-refractivity contribution in [3.05, 3.63) is 58.1 Å². The zero-order valence-electron chi connectivity index (χ0n) is 15.4. The number of aliphatic hydroxyl groups is 1. The van der Waals surface area contributed by atoms with Gasteiger partial charge in [0.25, 0.3) is 0 Å². The number of benzene rings is 2. The first-order valence-corrected chi connectivity index (χ1v) is 11.5. The first-order valence-electron chi connectivity index (χ1n) is 9.28. The SMILES string of the molecule is O=S(=O)(c1cccc(CNc2cc(Cl)cc(Cl)c2)c1)N1CCC(CCO)CC1. The summed E-state index contributed by atoms with van der Waals surface area (Å²) < 4.78 is 27.5. The topological polar surface area (TPSA) is 69.6 Å². The average Bonchev–Trinajstić information content (AvgIpc) is 2.67. The Labute approximate surface area is 176 Å². The average molecular weight is 443 g/mol. The van der Waals surface area contributed by atoms with Crippen molar-refractivity contribution in [2.45, 2.75) is 30.7 Å². The van der Waals surface area contributed by atoms with Gasteiger partial charge in [-0.15, -0.1) is 0 Å². The highest BCUT2D eigenvalue weighted by Gasteiger charge is 2.29. The van der Waals surface area contributed by atoms with Crippen molar-refractivity contribution in [2.75, 3.05) is 25.0 Å². The van der Waals surface area contributed by atoms with Crippen LogP contribution in [0.2, 0.25) is 10.0 Å². The summed E-state index contributed by atoms with van der Waals surface area (Å²) in [6.45, 7) is 1.61. The molecule has 5 nitrogen and oxygen atoms in total. The summed E-state index contributed by atoms with van der Waals surface area (Å²) in [7, 11) is -3.52. The Morgan fingerprint density at radius 2 is 1.75 bits per heavy atom. The molecule has 0 bridgehead atoms.